The third-order valence-electron chi connectivity index (χ3n) is 4.60. The first-order valence-electron chi connectivity index (χ1n) is 11.8. The lowest BCUT2D eigenvalue weighted by Crippen LogP contribution is -2.46. The number of carbonyl (C=O) groups is 2. The van der Waals surface area contributed by atoms with Gasteiger partial charge in [0.25, 0.3) is 0 Å². The zero-order valence-corrected chi connectivity index (χ0v) is 22.4. The van der Waals surface area contributed by atoms with Crippen LogP contribution < -0.4 is 14.8 Å². The van der Waals surface area contributed by atoms with E-state index in [1.54, 1.807) is 24.3 Å². The first-order valence-corrected chi connectivity index (χ1v) is 13.8. The fraction of sp³-hybridized carbons (Fsp3) is 0.583. The minimum atomic E-state index is -2.70. The summed E-state index contributed by atoms with van der Waals surface area (Å²) in [6.45, 7) is 8.28. The summed E-state index contributed by atoms with van der Waals surface area (Å²) in [6.07, 6.45) is 3.63. The van der Waals surface area contributed by atoms with Gasteiger partial charge in [0, 0.05) is 44.9 Å². The number of hydrogen-bond donors (Lipinski definition) is 1. The van der Waals surface area contributed by atoms with Crippen LogP contribution in [0.5, 0.6) is 11.5 Å². The van der Waals surface area contributed by atoms with Gasteiger partial charge in [-0.3, -0.25) is 0 Å². The summed E-state index contributed by atoms with van der Waals surface area (Å²) in [5.74, 6) is 0.643. The number of benzene rings is 1. The van der Waals surface area contributed by atoms with Crippen LogP contribution in [0.25, 0.3) is 6.08 Å². The van der Waals surface area contributed by atoms with E-state index < -0.39 is 20.9 Å². The van der Waals surface area contributed by atoms with Crippen molar-refractivity contribution in [2.24, 2.45) is 0 Å². The minimum Gasteiger partial charge on any atom is -0.493 e. The molecule has 0 unspecified atom stereocenters. The molecule has 10 nitrogen and oxygen atoms in total. The van der Waals surface area contributed by atoms with Crippen molar-refractivity contribution in [3.05, 3.63) is 29.8 Å². The Kier molecular flexibility index (Phi) is 15.5. The summed E-state index contributed by atoms with van der Waals surface area (Å²) in [6, 6.07) is 5.91. The maximum atomic E-state index is 11.9. The van der Waals surface area contributed by atoms with Crippen LogP contribution in [0, 0.1) is 0 Å². The van der Waals surface area contributed by atoms with Crippen LogP contribution in [0.2, 0.25) is 6.04 Å². The van der Waals surface area contributed by atoms with Crippen LogP contribution in [0.4, 0.5) is 4.79 Å². The van der Waals surface area contributed by atoms with Gasteiger partial charge in [-0.05, 0) is 51.0 Å². The van der Waals surface area contributed by atoms with Crippen molar-refractivity contribution in [2.75, 3.05) is 53.8 Å². The van der Waals surface area contributed by atoms with Crippen LogP contribution in [0.3, 0.4) is 0 Å². The molecule has 0 atom stereocenters. The van der Waals surface area contributed by atoms with E-state index in [2.05, 4.69) is 10.1 Å². The fourth-order valence-corrected chi connectivity index (χ4v) is 5.71. The topological polar surface area (TPSA) is 111 Å². The first-order chi connectivity index (χ1) is 16.9. The molecule has 0 aromatic heterocycles. The van der Waals surface area contributed by atoms with Crippen LogP contribution in [0.15, 0.2) is 24.3 Å². The number of esters is 1. The molecular formula is C24H39NO9Si. The molecule has 0 aliphatic rings. The van der Waals surface area contributed by atoms with Crippen molar-refractivity contribution in [3.63, 3.8) is 0 Å². The zero-order valence-electron chi connectivity index (χ0n) is 21.4. The van der Waals surface area contributed by atoms with E-state index in [0.29, 0.717) is 63.4 Å². The lowest BCUT2D eigenvalue weighted by atomic mass is 10.2. The summed E-state index contributed by atoms with van der Waals surface area (Å²) in [5, 5.41) is 2.73. The molecule has 1 N–H and O–H groups in total. The van der Waals surface area contributed by atoms with Crippen molar-refractivity contribution < 1.29 is 41.8 Å². The summed E-state index contributed by atoms with van der Waals surface area (Å²) in [4.78, 5) is 23.2. The third-order valence-corrected chi connectivity index (χ3v) is 7.75. The quantitative estimate of drug-likeness (QED) is 0.136. The van der Waals surface area contributed by atoms with Crippen molar-refractivity contribution in [3.8, 4) is 11.5 Å². The molecule has 0 aliphatic carbocycles. The maximum Gasteiger partial charge on any atom is 0.500 e. The van der Waals surface area contributed by atoms with Gasteiger partial charge in [-0.15, -0.1) is 0 Å². The standard InChI is InChI=1S/C24H39NO9Si/c1-6-32-35(33-7-2,34-8-3)18-9-15-25-24(27)31-17-10-16-30-21-13-11-20(19-22(21)28-4)12-14-23(26)29-5/h11-14,19H,6-10,15-18H2,1-5H3,(H,25,27)/b14-12+. The second-order valence-electron chi connectivity index (χ2n) is 7.12. The van der Waals surface area contributed by atoms with E-state index in [1.165, 1.54) is 20.3 Å². The molecular weight excluding hydrogens is 474 g/mol. The molecule has 1 aromatic carbocycles. The molecule has 1 rings (SSSR count). The Hall–Kier alpha value is -2.60. The van der Waals surface area contributed by atoms with Gasteiger partial charge >= 0.3 is 20.9 Å². The zero-order chi connectivity index (χ0) is 25.9. The summed E-state index contributed by atoms with van der Waals surface area (Å²) in [5.41, 5.74) is 0.767. The van der Waals surface area contributed by atoms with E-state index >= 15 is 0 Å². The predicted octanol–water partition coefficient (Wildman–Crippen LogP) is 3.82. The van der Waals surface area contributed by atoms with Crippen molar-refractivity contribution in [1.29, 1.82) is 0 Å². The minimum absolute atomic E-state index is 0.212. The van der Waals surface area contributed by atoms with E-state index in [9.17, 15) is 9.59 Å². The summed E-state index contributed by atoms with van der Waals surface area (Å²) >= 11 is 0. The van der Waals surface area contributed by atoms with Gasteiger partial charge in [-0.25, -0.2) is 9.59 Å². The third kappa shape index (κ3) is 12.1. The van der Waals surface area contributed by atoms with Crippen LogP contribution >= 0.6 is 0 Å². The molecule has 198 valence electrons. The largest absolute Gasteiger partial charge is 0.500 e. The molecule has 0 saturated heterocycles. The molecule has 0 aliphatic heterocycles. The van der Waals surface area contributed by atoms with Crippen molar-refractivity contribution >= 4 is 26.9 Å². The Labute approximate surface area is 209 Å². The normalized spacial score (nSPS) is 11.3. The Morgan fingerprint density at radius 2 is 1.63 bits per heavy atom. The van der Waals surface area contributed by atoms with Gasteiger partial charge in [0.2, 0.25) is 0 Å². The van der Waals surface area contributed by atoms with Gasteiger partial charge in [0.05, 0.1) is 27.4 Å². The average Bonchev–Trinajstić information content (AvgIpc) is 2.85. The van der Waals surface area contributed by atoms with E-state index in [0.717, 1.165) is 5.56 Å². The average molecular weight is 514 g/mol. The van der Waals surface area contributed by atoms with Gasteiger partial charge in [-0.1, -0.05) is 6.07 Å². The van der Waals surface area contributed by atoms with Crippen LogP contribution in [0.1, 0.15) is 39.2 Å². The molecule has 0 spiro atoms. The molecule has 0 bridgehead atoms. The summed E-state index contributed by atoms with van der Waals surface area (Å²) in [7, 11) is 0.151. The van der Waals surface area contributed by atoms with Gasteiger partial charge in [0.15, 0.2) is 11.5 Å². The Morgan fingerprint density at radius 3 is 2.23 bits per heavy atom. The number of methoxy groups -OCH3 is 2. The monoisotopic (exact) mass is 513 g/mol. The van der Waals surface area contributed by atoms with E-state index in [1.807, 2.05) is 20.8 Å². The molecule has 1 amide bonds. The highest BCUT2D eigenvalue weighted by Gasteiger charge is 2.39. The maximum absolute atomic E-state index is 11.9. The Balaban J connectivity index is 2.33. The van der Waals surface area contributed by atoms with Gasteiger partial charge in [-0.2, -0.15) is 0 Å². The molecule has 0 saturated carbocycles. The van der Waals surface area contributed by atoms with Gasteiger partial charge < -0.3 is 37.5 Å². The molecule has 1 aromatic rings. The Morgan fingerprint density at radius 1 is 0.943 bits per heavy atom. The predicted molar refractivity (Wildman–Crippen MR) is 134 cm³/mol. The number of hydrogen-bond acceptors (Lipinski definition) is 9. The summed E-state index contributed by atoms with van der Waals surface area (Å²) < 4.78 is 38.2. The van der Waals surface area contributed by atoms with Crippen LogP contribution in [-0.4, -0.2) is 74.7 Å². The number of ether oxygens (including phenoxy) is 4. The highest BCUT2D eigenvalue weighted by Crippen LogP contribution is 2.28. The number of nitrogens with one attached hydrogen (secondary N) is 1. The smallest absolute Gasteiger partial charge is 0.493 e. The number of rotatable bonds is 18. The number of amides is 1. The van der Waals surface area contributed by atoms with Gasteiger partial charge in [0.1, 0.15) is 0 Å². The lowest BCUT2D eigenvalue weighted by molar-refractivity contribution is -0.134. The molecule has 11 heteroatoms. The highest BCUT2D eigenvalue weighted by molar-refractivity contribution is 6.60. The SMILES string of the molecule is CCO[Si](CCCNC(=O)OCCCOc1ccc(/C=C/C(=O)OC)cc1OC)(OCC)OCC. The number of alkyl carbamates (subject to hydrolysis) is 1. The molecule has 0 radical (unpaired) electrons. The van der Waals surface area contributed by atoms with E-state index in [-0.39, 0.29) is 6.61 Å². The van der Waals surface area contributed by atoms with Crippen molar-refractivity contribution in [2.45, 2.75) is 39.7 Å². The molecule has 35 heavy (non-hydrogen) atoms. The van der Waals surface area contributed by atoms with Crippen LogP contribution in [-0.2, 0) is 27.5 Å². The second kappa shape index (κ2) is 17.8. The first kappa shape index (κ1) is 30.4. The number of carbonyl (C=O) groups excluding carboxylic acids is 2. The molecule has 0 fully saturated rings. The lowest BCUT2D eigenvalue weighted by Gasteiger charge is -2.28. The fourth-order valence-electron chi connectivity index (χ4n) is 3.09. The van der Waals surface area contributed by atoms with Crippen molar-refractivity contribution in [1.82, 2.24) is 5.32 Å². The van der Waals surface area contributed by atoms with E-state index in [4.69, 9.17) is 27.5 Å². The second-order valence-corrected chi connectivity index (χ2v) is 9.85. The highest BCUT2D eigenvalue weighted by atomic mass is 28.4. The molecule has 0 heterocycles. The Bertz CT molecular complexity index is 771.